The van der Waals surface area contributed by atoms with Crippen LogP contribution in [-0.4, -0.2) is 22.5 Å². The molecule has 2 rings (SSSR count). The van der Waals surface area contributed by atoms with E-state index in [2.05, 4.69) is 9.72 Å². The van der Waals surface area contributed by atoms with E-state index in [1.54, 1.807) is 0 Å². The molecular formula is C10H6Cl2N2O3. The molecule has 0 saturated heterocycles. The summed E-state index contributed by atoms with van der Waals surface area (Å²) in [5.74, 6) is -0.699. The lowest BCUT2D eigenvalue weighted by molar-refractivity contribution is 0.0594. The minimum Gasteiger partial charge on any atom is -0.464 e. The molecule has 0 aliphatic rings. The van der Waals surface area contributed by atoms with E-state index in [-0.39, 0.29) is 16.4 Å². The molecule has 0 radical (unpaired) electrons. The first-order valence-corrected chi connectivity index (χ1v) is 5.25. The fourth-order valence-corrected chi connectivity index (χ4v) is 1.85. The number of methoxy groups -OCH3 is 1. The van der Waals surface area contributed by atoms with Gasteiger partial charge in [0.25, 0.3) is 5.56 Å². The van der Waals surface area contributed by atoms with Crippen molar-refractivity contribution in [3.8, 4) is 0 Å². The third kappa shape index (κ3) is 2.11. The highest BCUT2D eigenvalue weighted by Gasteiger charge is 2.12. The molecule has 0 amide bonds. The van der Waals surface area contributed by atoms with Crippen molar-refractivity contribution >= 4 is 34.8 Å². The lowest BCUT2D eigenvalue weighted by Crippen LogP contribution is -2.18. The Bertz CT molecular complexity index is 666. The monoisotopic (exact) mass is 272 g/mol. The van der Waals surface area contributed by atoms with Gasteiger partial charge >= 0.3 is 5.97 Å². The quantitative estimate of drug-likeness (QED) is 0.743. The molecule has 0 atom stereocenters. The van der Waals surface area contributed by atoms with Crippen LogP contribution in [0, 0.1) is 0 Å². The largest absolute Gasteiger partial charge is 0.464 e. The molecule has 0 saturated carbocycles. The van der Waals surface area contributed by atoms with Crippen LogP contribution in [0.15, 0.2) is 23.1 Å². The standard InChI is InChI=1S/C10H6Cl2N2O3/c1-17-10(16)7-3-8(15)14-4-5(11)2-6(12)9(14)13-7/h2-4H,1H3. The molecule has 2 aromatic heterocycles. The van der Waals surface area contributed by atoms with Gasteiger partial charge in [0.15, 0.2) is 11.3 Å². The number of carbonyl (C=O) groups excluding carboxylic acids is 1. The Kier molecular flexibility index (Phi) is 3.04. The lowest BCUT2D eigenvalue weighted by Gasteiger charge is -2.04. The second-order valence-corrected chi connectivity index (χ2v) is 4.01. The minimum atomic E-state index is -0.699. The van der Waals surface area contributed by atoms with E-state index in [4.69, 9.17) is 23.2 Å². The summed E-state index contributed by atoms with van der Waals surface area (Å²) in [7, 11) is 1.20. The Morgan fingerprint density at radius 1 is 1.41 bits per heavy atom. The van der Waals surface area contributed by atoms with Crippen molar-refractivity contribution in [2.45, 2.75) is 0 Å². The van der Waals surface area contributed by atoms with Gasteiger partial charge in [-0.3, -0.25) is 9.20 Å². The van der Waals surface area contributed by atoms with E-state index in [0.29, 0.717) is 5.02 Å². The summed E-state index contributed by atoms with van der Waals surface area (Å²) in [5, 5.41) is 0.484. The first-order valence-electron chi connectivity index (χ1n) is 4.49. The van der Waals surface area contributed by atoms with E-state index in [9.17, 15) is 9.59 Å². The van der Waals surface area contributed by atoms with Crippen LogP contribution in [0.2, 0.25) is 10.0 Å². The van der Waals surface area contributed by atoms with E-state index in [1.165, 1.54) is 19.4 Å². The number of hydrogen-bond donors (Lipinski definition) is 0. The zero-order valence-corrected chi connectivity index (χ0v) is 10.1. The molecule has 0 unspecified atom stereocenters. The molecule has 0 aromatic carbocycles. The highest BCUT2D eigenvalue weighted by molar-refractivity contribution is 6.36. The maximum absolute atomic E-state index is 11.7. The number of pyridine rings is 1. The SMILES string of the molecule is COC(=O)c1cc(=O)n2cc(Cl)cc(Cl)c2n1. The minimum absolute atomic E-state index is 0.0956. The van der Waals surface area contributed by atoms with Crippen molar-refractivity contribution < 1.29 is 9.53 Å². The Balaban J connectivity index is 2.82. The van der Waals surface area contributed by atoms with Crippen LogP contribution >= 0.6 is 23.2 Å². The van der Waals surface area contributed by atoms with Crippen LogP contribution in [0.3, 0.4) is 0 Å². The number of esters is 1. The van der Waals surface area contributed by atoms with Crippen LogP contribution in [0.4, 0.5) is 0 Å². The zero-order chi connectivity index (χ0) is 12.6. The van der Waals surface area contributed by atoms with E-state index in [0.717, 1.165) is 10.5 Å². The molecule has 88 valence electrons. The summed E-state index contributed by atoms with van der Waals surface area (Å²) in [6.45, 7) is 0. The summed E-state index contributed by atoms with van der Waals surface area (Å²) in [6.07, 6.45) is 1.37. The summed E-state index contributed by atoms with van der Waals surface area (Å²) >= 11 is 11.7. The number of aromatic nitrogens is 2. The molecule has 5 nitrogen and oxygen atoms in total. The molecule has 17 heavy (non-hydrogen) atoms. The van der Waals surface area contributed by atoms with Gasteiger partial charge in [-0.25, -0.2) is 9.78 Å². The number of ether oxygens (including phenoxy) is 1. The van der Waals surface area contributed by atoms with Gasteiger partial charge in [-0.05, 0) is 6.07 Å². The fourth-order valence-electron chi connectivity index (χ4n) is 1.34. The zero-order valence-electron chi connectivity index (χ0n) is 8.61. The summed E-state index contributed by atoms with van der Waals surface area (Å²) < 4.78 is 5.65. The maximum Gasteiger partial charge on any atom is 0.356 e. The second-order valence-electron chi connectivity index (χ2n) is 3.17. The first kappa shape index (κ1) is 11.9. The second kappa shape index (κ2) is 4.35. The van der Waals surface area contributed by atoms with Crippen molar-refractivity contribution in [2.75, 3.05) is 7.11 Å². The third-order valence-electron chi connectivity index (χ3n) is 2.08. The number of nitrogens with zero attached hydrogens (tertiary/aromatic N) is 2. The fraction of sp³-hybridized carbons (Fsp3) is 0.100. The van der Waals surface area contributed by atoms with E-state index in [1.807, 2.05) is 0 Å². The van der Waals surface area contributed by atoms with Crippen molar-refractivity contribution in [3.63, 3.8) is 0 Å². The van der Waals surface area contributed by atoms with Crippen molar-refractivity contribution in [1.82, 2.24) is 9.38 Å². The van der Waals surface area contributed by atoms with Gasteiger partial charge in [0.2, 0.25) is 0 Å². The normalized spacial score (nSPS) is 10.5. The highest BCUT2D eigenvalue weighted by Crippen LogP contribution is 2.19. The predicted molar refractivity (Wildman–Crippen MR) is 62.8 cm³/mol. The van der Waals surface area contributed by atoms with Gasteiger partial charge in [0, 0.05) is 12.3 Å². The molecule has 2 aromatic rings. The Hall–Kier alpha value is -1.59. The number of fused-ring (bicyclic) bond motifs is 1. The molecule has 7 heteroatoms. The van der Waals surface area contributed by atoms with Crippen molar-refractivity contribution in [2.24, 2.45) is 0 Å². The summed E-state index contributed by atoms with van der Waals surface area (Å²) in [4.78, 5) is 27.0. The molecule has 0 bridgehead atoms. The number of rotatable bonds is 1. The van der Waals surface area contributed by atoms with E-state index >= 15 is 0 Å². The smallest absolute Gasteiger partial charge is 0.356 e. The molecule has 0 aliphatic carbocycles. The average molecular weight is 273 g/mol. The topological polar surface area (TPSA) is 60.7 Å². The Morgan fingerprint density at radius 2 is 2.12 bits per heavy atom. The van der Waals surface area contributed by atoms with E-state index < -0.39 is 11.5 Å². The average Bonchev–Trinajstić information content (AvgIpc) is 2.29. The highest BCUT2D eigenvalue weighted by atomic mass is 35.5. The molecule has 0 N–H and O–H groups in total. The third-order valence-corrected chi connectivity index (χ3v) is 2.56. The number of halogens is 2. The molecule has 0 aliphatic heterocycles. The van der Waals surface area contributed by atoms with Crippen LogP contribution < -0.4 is 5.56 Å². The lowest BCUT2D eigenvalue weighted by atomic mass is 10.3. The van der Waals surface area contributed by atoms with Crippen LogP contribution in [0.5, 0.6) is 0 Å². The first-order chi connectivity index (χ1) is 8.02. The molecule has 2 heterocycles. The van der Waals surface area contributed by atoms with Gasteiger partial charge in [0.05, 0.1) is 17.2 Å². The Labute approximate surface area is 106 Å². The van der Waals surface area contributed by atoms with Crippen LogP contribution in [0.25, 0.3) is 5.65 Å². The van der Waals surface area contributed by atoms with Crippen molar-refractivity contribution in [3.05, 3.63) is 44.4 Å². The molecular weight excluding hydrogens is 267 g/mol. The predicted octanol–water partition coefficient (Wildman–Crippen LogP) is 1.79. The van der Waals surface area contributed by atoms with Crippen LogP contribution in [0.1, 0.15) is 10.5 Å². The molecule has 0 spiro atoms. The van der Waals surface area contributed by atoms with Gasteiger partial charge in [-0.1, -0.05) is 23.2 Å². The van der Waals surface area contributed by atoms with Crippen molar-refractivity contribution in [1.29, 1.82) is 0 Å². The maximum atomic E-state index is 11.7. The molecule has 0 fully saturated rings. The van der Waals surface area contributed by atoms with Gasteiger partial charge in [0.1, 0.15) is 0 Å². The number of carbonyl (C=O) groups is 1. The van der Waals surface area contributed by atoms with Gasteiger partial charge in [-0.15, -0.1) is 0 Å². The summed E-state index contributed by atoms with van der Waals surface area (Å²) in [5.41, 5.74) is -0.398. The van der Waals surface area contributed by atoms with Gasteiger partial charge in [-0.2, -0.15) is 0 Å². The van der Waals surface area contributed by atoms with Crippen LogP contribution in [-0.2, 0) is 4.74 Å². The summed E-state index contributed by atoms with van der Waals surface area (Å²) in [6, 6.07) is 2.50. The number of hydrogen-bond acceptors (Lipinski definition) is 4. The Morgan fingerprint density at radius 3 is 2.76 bits per heavy atom. The van der Waals surface area contributed by atoms with Gasteiger partial charge < -0.3 is 4.74 Å².